The number of aryl methyl sites for hydroxylation is 1. The molecule has 0 saturated carbocycles. The molecule has 0 spiro atoms. The van der Waals surface area contributed by atoms with E-state index in [-0.39, 0.29) is 5.69 Å². The Morgan fingerprint density at radius 1 is 1.08 bits per heavy atom. The van der Waals surface area contributed by atoms with Gasteiger partial charge in [0, 0.05) is 36.4 Å². The van der Waals surface area contributed by atoms with Gasteiger partial charge in [-0.3, -0.25) is 9.55 Å². The van der Waals surface area contributed by atoms with Crippen LogP contribution in [-0.4, -0.2) is 49.5 Å². The van der Waals surface area contributed by atoms with E-state index in [1.807, 2.05) is 47.3 Å². The van der Waals surface area contributed by atoms with Crippen molar-refractivity contribution in [3.63, 3.8) is 0 Å². The summed E-state index contributed by atoms with van der Waals surface area (Å²) in [6, 6.07) is 9.85. The Hall–Kier alpha value is -4.41. The van der Waals surface area contributed by atoms with Crippen molar-refractivity contribution in [1.29, 1.82) is 0 Å². The van der Waals surface area contributed by atoms with Gasteiger partial charge in [-0.2, -0.15) is 15.3 Å². The van der Waals surface area contributed by atoms with E-state index in [1.54, 1.807) is 15.4 Å². The Kier molecular flexibility index (Phi) is 7.02. The topological polar surface area (TPSA) is 125 Å². The van der Waals surface area contributed by atoms with Crippen molar-refractivity contribution in [1.82, 2.24) is 49.5 Å². The van der Waals surface area contributed by atoms with Crippen molar-refractivity contribution in [2.45, 2.75) is 53.1 Å². The van der Waals surface area contributed by atoms with Gasteiger partial charge in [-0.1, -0.05) is 51.5 Å². The first kappa shape index (κ1) is 24.3. The molecule has 4 aromatic heterocycles. The lowest BCUT2D eigenvalue weighted by Gasteiger charge is -2.13. The number of hydrogen-bond acceptors (Lipinski definition) is 7. The van der Waals surface area contributed by atoms with Crippen LogP contribution in [0.2, 0.25) is 0 Å². The van der Waals surface area contributed by atoms with Crippen LogP contribution in [0.1, 0.15) is 44.9 Å². The number of aromatic amines is 1. The van der Waals surface area contributed by atoms with Crippen LogP contribution >= 0.6 is 0 Å². The molecule has 0 aliphatic rings. The van der Waals surface area contributed by atoms with Gasteiger partial charge >= 0.3 is 5.69 Å². The van der Waals surface area contributed by atoms with Crippen LogP contribution in [-0.2, 0) is 19.5 Å². The SMILES string of the molecule is CCCCc1cn(-c2ncnn2CC(C)C)c(=O)n1Cc1cnccc1-c1ccccc1-c1nn[nH]n1. The summed E-state index contributed by atoms with van der Waals surface area (Å²) >= 11 is 0. The molecule has 37 heavy (non-hydrogen) atoms. The number of nitrogens with zero attached hydrogens (tertiary/aromatic N) is 9. The number of H-pyrrole nitrogens is 1. The number of tetrazole rings is 1. The summed E-state index contributed by atoms with van der Waals surface area (Å²) in [5, 5.41) is 18.9. The van der Waals surface area contributed by atoms with Gasteiger partial charge in [0.25, 0.3) is 0 Å². The molecule has 5 rings (SSSR count). The Morgan fingerprint density at radius 3 is 2.68 bits per heavy atom. The molecule has 0 aliphatic carbocycles. The first-order chi connectivity index (χ1) is 18.1. The predicted molar refractivity (Wildman–Crippen MR) is 139 cm³/mol. The summed E-state index contributed by atoms with van der Waals surface area (Å²) < 4.78 is 5.22. The summed E-state index contributed by atoms with van der Waals surface area (Å²) in [6.45, 7) is 7.42. The highest BCUT2D eigenvalue weighted by atomic mass is 16.2. The average molecular weight is 499 g/mol. The van der Waals surface area contributed by atoms with E-state index < -0.39 is 0 Å². The standard InChI is InChI=1S/C26H30N10O/c1-4-5-8-20-16-35(25-28-17-29-36(25)14-18(2)3)26(37)34(20)15-19-13-27-12-11-21(19)22-9-6-7-10-23(22)24-30-32-33-31-24/h6-7,9-13,16-18H,4-5,8,14-15H2,1-3H3,(H,30,31,32,33). The van der Waals surface area contributed by atoms with Crippen molar-refractivity contribution in [3.8, 4) is 28.5 Å². The lowest BCUT2D eigenvalue weighted by Crippen LogP contribution is -2.27. The largest absolute Gasteiger partial charge is 0.335 e. The van der Waals surface area contributed by atoms with E-state index in [4.69, 9.17) is 0 Å². The maximum atomic E-state index is 13.8. The maximum Gasteiger partial charge on any atom is 0.335 e. The molecule has 0 aliphatic heterocycles. The molecule has 0 atom stereocenters. The highest BCUT2D eigenvalue weighted by Crippen LogP contribution is 2.32. The zero-order valence-corrected chi connectivity index (χ0v) is 21.2. The lowest BCUT2D eigenvalue weighted by molar-refractivity contribution is 0.473. The van der Waals surface area contributed by atoms with E-state index in [1.165, 1.54) is 6.33 Å². The van der Waals surface area contributed by atoms with Crippen molar-refractivity contribution in [2.75, 3.05) is 0 Å². The van der Waals surface area contributed by atoms with Gasteiger partial charge in [-0.05, 0) is 46.7 Å². The highest BCUT2D eigenvalue weighted by Gasteiger charge is 2.20. The second-order valence-corrected chi connectivity index (χ2v) is 9.41. The molecule has 11 heteroatoms. The van der Waals surface area contributed by atoms with Gasteiger partial charge in [0.1, 0.15) is 6.33 Å². The van der Waals surface area contributed by atoms with Gasteiger partial charge in [0.05, 0.1) is 6.54 Å². The minimum atomic E-state index is -0.148. The van der Waals surface area contributed by atoms with E-state index in [0.29, 0.717) is 30.8 Å². The van der Waals surface area contributed by atoms with Crippen LogP contribution in [0, 0.1) is 5.92 Å². The minimum Gasteiger partial charge on any atom is -0.291 e. The molecule has 1 N–H and O–H groups in total. The molecule has 11 nitrogen and oxygen atoms in total. The summed E-state index contributed by atoms with van der Waals surface area (Å²) in [7, 11) is 0. The normalized spacial score (nSPS) is 11.5. The fourth-order valence-corrected chi connectivity index (χ4v) is 4.49. The molecule has 0 amide bonds. The quantitative estimate of drug-likeness (QED) is 0.312. The van der Waals surface area contributed by atoms with Crippen LogP contribution in [0.3, 0.4) is 0 Å². The molecule has 0 bridgehead atoms. The number of pyridine rings is 1. The van der Waals surface area contributed by atoms with Gasteiger partial charge < -0.3 is 0 Å². The lowest BCUT2D eigenvalue weighted by atomic mass is 9.96. The highest BCUT2D eigenvalue weighted by molar-refractivity contribution is 5.81. The third kappa shape index (κ3) is 4.97. The molecule has 0 radical (unpaired) electrons. The van der Waals surface area contributed by atoms with Crippen LogP contribution in [0.4, 0.5) is 0 Å². The fourth-order valence-electron chi connectivity index (χ4n) is 4.49. The molecule has 4 heterocycles. The number of imidazole rings is 1. The van der Waals surface area contributed by atoms with Crippen molar-refractivity contribution < 1.29 is 0 Å². The van der Waals surface area contributed by atoms with Crippen LogP contribution in [0.15, 0.2) is 60.0 Å². The molecule has 5 aromatic rings. The number of aromatic nitrogens is 10. The van der Waals surface area contributed by atoms with Crippen LogP contribution in [0.25, 0.3) is 28.5 Å². The summed E-state index contributed by atoms with van der Waals surface area (Å²) in [4.78, 5) is 22.6. The zero-order valence-electron chi connectivity index (χ0n) is 21.2. The summed E-state index contributed by atoms with van der Waals surface area (Å²) in [5.41, 5.74) is 4.47. The predicted octanol–water partition coefficient (Wildman–Crippen LogP) is 3.52. The number of nitrogens with one attached hydrogen (secondary N) is 1. The van der Waals surface area contributed by atoms with E-state index in [0.717, 1.165) is 47.2 Å². The Balaban J connectivity index is 1.59. The first-order valence-electron chi connectivity index (χ1n) is 12.5. The fraction of sp³-hybridized carbons (Fsp3) is 0.346. The Labute approximate surface area is 214 Å². The van der Waals surface area contributed by atoms with Crippen LogP contribution < -0.4 is 5.69 Å². The molecule has 0 fully saturated rings. The molecule has 1 aromatic carbocycles. The van der Waals surface area contributed by atoms with Crippen LogP contribution in [0.5, 0.6) is 0 Å². The molecule has 0 saturated heterocycles. The van der Waals surface area contributed by atoms with E-state index >= 15 is 0 Å². The van der Waals surface area contributed by atoms with E-state index in [9.17, 15) is 4.79 Å². The first-order valence-corrected chi connectivity index (χ1v) is 12.5. The number of unbranched alkanes of at least 4 members (excludes halogenated alkanes) is 1. The minimum absolute atomic E-state index is 0.148. The summed E-state index contributed by atoms with van der Waals surface area (Å²) in [6.07, 6.45) is 9.76. The second-order valence-electron chi connectivity index (χ2n) is 9.41. The Morgan fingerprint density at radius 2 is 1.92 bits per heavy atom. The molecular formula is C26H30N10O. The monoisotopic (exact) mass is 498 g/mol. The van der Waals surface area contributed by atoms with Crippen molar-refractivity contribution in [2.24, 2.45) is 5.92 Å². The van der Waals surface area contributed by atoms with Crippen molar-refractivity contribution >= 4 is 0 Å². The number of hydrogen-bond donors (Lipinski definition) is 1. The molecule has 0 unspecified atom stereocenters. The average Bonchev–Trinajstić information content (AvgIpc) is 3.65. The molecule has 190 valence electrons. The Bertz CT molecular complexity index is 1530. The van der Waals surface area contributed by atoms with E-state index in [2.05, 4.69) is 56.5 Å². The maximum absolute atomic E-state index is 13.8. The van der Waals surface area contributed by atoms with Crippen molar-refractivity contribution in [3.05, 3.63) is 77.0 Å². The third-order valence-electron chi connectivity index (χ3n) is 6.23. The van der Waals surface area contributed by atoms with Gasteiger partial charge in [0.2, 0.25) is 11.8 Å². The molecular weight excluding hydrogens is 468 g/mol. The van der Waals surface area contributed by atoms with Gasteiger partial charge in [0.15, 0.2) is 0 Å². The third-order valence-corrected chi connectivity index (χ3v) is 6.23. The summed E-state index contributed by atoms with van der Waals surface area (Å²) in [5.74, 6) is 1.41. The number of benzene rings is 1. The number of rotatable bonds is 10. The smallest absolute Gasteiger partial charge is 0.291 e. The zero-order chi connectivity index (χ0) is 25.8. The van der Waals surface area contributed by atoms with Gasteiger partial charge in [-0.15, -0.1) is 10.2 Å². The van der Waals surface area contributed by atoms with Gasteiger partial charge in [-0.25, -0.2) is 14.0 Å². The second kappa shape index (κ2) is 10.7.